The molecule has 0 amide bonds. The van der Waals surface area contributed by atoms with Crippen LogP contribution in [0.3, 0.4) is 0 Å². The molecule has 8 aromatic carbocycles. The zero-order valence-corrected chi connectivity index (χ0v) is 28.3. The fourth-order valence-electron chi connectivity index (χ4n) is 8.05. The number of fused-ring (bicyclic) bond motifs is 9. The molecule has 3 heteroatoms. The highest BCUT2D eigenvalue weighted by Crippen LogP contribution is 2.42. The number of benzene rings is 8. The predicted octanol–water partition coefficient (Wildman–Crippen LogP) is 14.3. The van der Waals surface area contributed by atoms with Crippen molar-refractivity contribution in [3.63, 3.8) is 0 Å². The van der Waals surface area contributed by atoms with Gasteiger partial charge in [0, 0.05) is 52.8 Å². The minimum atomic E-state index is 0.914. The number of hydrogen-bond acceptors (Lipinski definition) is 2. The molecule has 0 aliphatic rings. The molecule has 51 heavy (non-hydrogen) atoms. The minimum Gasteiger partial charge on any atom is -0.456 e. The summed E-state index contributed by atoms with van der Waals surface area (Å²) in [5, 5.41) is 7.40. The molecular weight excluding hydrogens is 639 g/mol. The molecule has 0 unspecified atom stereocenters. The molecule has 1 N–H and O–H groups in total. The quantitative estimate of drug-likeness (QED) is 0.199. The van der Waals surface area contributed by atoms with Crippen molar-refractivity contribution in [1.82, 2.24) is 4.98 Å². The number of hydrogen-bond donors (Lipinski definition) is 1. The second-order valence-corrected chi connectivity index (χ2v) is 14.4. The van der Waals surface area contributed by atoms with E-state index in [0.717, 1.165) is 33.0 Å². The largest absolute Gasteiger partial charge is 0.456 e. The van der Waals surface area contributed by atoms with Gasteiger partial charge in [-0.15, -0.1) is 11.3 Å². The maximum atomic E-state index is 6.22. The van der Waals surface area contributed by atoms with Gasteiger partial charge in [0.05, 0.1) is 5.52 Å². The van der Waals surface area contributed by atoms with Gasteiger partial charge in [0.25, 0.3) is 0 Å². The first-order valence-corrected chi connectivity index (χ1v) is 18.2. The highest BCUT2D eigenvalue weighted by Gasteiger charge is 2.16. The third-order valence-corrected chi connectivity index (χ3v) is 11.7. The predicted molar refractivity (Wildman–Crippen MR) is 218 cm³/mol. The molecular formula is C48H29NOS. The Hall–Kier alpha value is -6.42. The van der Waals surface area contributed by atoms with E-state index >= 15 is 0 Å². The van der Waals surface area contributed by atoms with E-state index in [1.807, 2.05) is 23.5 Å². The zero-order valence-electron chi connectivity index (χ0n) is 27.5. The lowest BCUT2D eigenvalue weighted by Crippen LogP contribution is -1.85. The van der Waals surface area contributed by atoms with E-state index in [0.29, 0.717) is 0 Å². The molecule has 0 atom stereocenters. The third kappa shape index (κ3) is 4.42. The van der Waals surface area contributed by atoms with Gasteiger partial charge in [0.15, 0.2) is 0 Å². The highest BCUT2D eigenvalue weighted by atomic mass is 32.1. The summed E-state index contributed by atoms with van der Waals surface area (Å²) in [5.74, 6) is 0. The van der Waals surface area contributed by atoms with E-state index in [-0.39, 0.29) is 0 Å². The molecule has 0 radical (unpaired) electrons. The van der Waals surface area contributed by atoms with Crippen LogP contribution in [0.1, 0.15) is 0 Å². The van der Waals surface area contributed by atoms with E-state index < -0.39 is 0 Å². The van der Waals surface area contributed by atoms with E-state index in [1.54, 1.807) is 0 Å². The maximum Gasteiger partial charge on any atom is 0.136 e. The van der Waals surface area contributed by atoms with Gasteiger partial charge in [-0.2, -0.15) is 0 Å². The minimum absolute atomic E-state index is 0.914. The Labute approximate surface area is 297 Å². The summed E-state index contributed by atoms with van der Waals surface area (Å²) >= 11 is 1.88. The fourth-order valence-corrected chi connectivity index (χ4v) is 9.29. The summed E-state index contributed by atoms with van der Waals surface area (Å²) in [6.07, 6.45) is 0. The molecule has 0 bridgehead atoms. The zero-order chi connectivity index (χ0) is 33.5. The van der Waals surface area contributed by atoms with Gasteiger partial charge >= 0.3 is 0 Å². The lowest BCUT2D eigenvalue weighted by atomic mass is 9.95. The number of furan rings is 1. The van der Waals surface area contributed by atoms with Gasteiger partial charge in [-0.05, 0) is 81.4 Å². The van der Waals surface area contributed by atoms with Gasteiger partial charge in [-0.1, -0.05) is 127 Å². The van der Waals surface area contributed by atoms with E-state index in [1.165, 1.54) is 75.5 Å². The first-order chi connectivity index (χ1) is 25.3. The number of H-pyrrole nitrogens is 1. The van der Waals surface area contributed by atoms with Crippen molar-refractivity contribution in [1.29, 1.82) is 0 Å². The molecule has 11 rings (SSSR count). The van der Waals surface area contributed by atoms with E-state index in [9.17, 15) is 0 Å². The Morgan fingerprint density at radius 2 is 1.00 bits per heavy atom. The van der Waals surface area contributed by atoms with Crippen molar-refractivity contribution in [2.45, 2.75) is 0 Å². The smallest absolute Gasteiger partial charge is 0.136 e. The van der Waals surface area contributed by atoms with Crippen LogP contribution in [0.4, 0.5) is 0 Å². The fraction of sp³-hybridized carbons (Fsp3) is 0. The SMILES string of the molecule is c1cc(-c2cccc(-c3cccc4c3sc3ccccc34)c2)cc(-c2cccc3c2[nH]c2ccc(-c4cccc5oc6ccccc6c45)cc23)c1. The summed E-state index contributed by atoms with van der Waals surface area (Å²) in [7, 11) is 0. The van der Waals surface area contributed by atoms with Crippen molar-refractivity contribution in [2.75, 3.05) is 0 Å². The Bertz CT molecular complexity index is 3160. The number of aromatic amines is 1. The molecule has 2 nitrogen and oxygen atoms in total. The number of nitrogens with one attached hydrogen (secondary N) is 1. The second kappa shape index (κ2) is 11.0. The third-order valence-electron chi connectivity index (χ3n) is 10.4. The van der Waals surface area contributed by atoms with Crippen molar-refractivity contribution in [3.8, 4) is 44.5 Å². The summed E-state index contributed by atoms with van der Waals surface area (Å²) in [4.78, 5) is 3.79. The normalized spacial score (nSPS) is 11.9. The van der Waals surface area contributed by atoms with Crippen LogP contribution in [0, 0.1) is 0 Å². The summed E-state index contributed by atoms with van der Waals surface area (Å²) < 4.78 is 8.88. The average molecular weight is 668 g/mol. The topological polar surface area (TPSA) is 28.9 Å². The van der Waals surface area contributed by atoms with Gasteiger partial charge in [-0.25, -0.2) is 0 Å². The summed E-state index contributed by atoms with van der Waals surface area (Å²) in [6, 6.07) is 61.4. The summed E-state index contributed by atoms with van der Waals surface area (Å²) in [6.45, 7) is 0. The van der Waals surface area contributed by atoms with Gasteiger partial charge in [0.1, 0.15) is 11.2 Å². The van der Waals surface area contributed by atoms with Crippen molar-refractivity contribution in [2.24, 2.45) is 0 Å². The lowest BCUT2D eigenvalue weighted by Gasteiger charge is -2.10. The molecule has 3 aromatic heterocycles. The van der Waals surface area contributed by atoms with Crippen molar-refractivity contribution >= 4 is 75.3 Å². The average Bonchev–Trinajstić information content (AvgIpc) is 3.89. The molecule has 238 valence electrons. The number of aromatic nitrogens is 1. The van der Waals surface area contributed by atoms with Gasteiger partial charge in [0.2, 0.25) is 0 Å². The van der Waals surface area contributed by atoms with Crippen molar-refractivity contribution < 1.29 is 4.42 Å². The van der Waals surface area contributed by atoms with Gasteiger partial charge in [-0.3, -0.25) is 0 Å². The standard InChI is InChI=1S/C48H29NOS/c1-3-21-43-40(15-1)46-34(16-9-22-44(46)50-43)33-24-25-42-41(28-33)38-19-7-17-35(47(38)49-42)31-12-5-10-29(26-31)30-11-6-13-32(27-30)36-18-8-20-39-37-14-2-4-23-45(37)51-48(36)39/h1-28,49H. The molecule has 0 fully saturated rings. The van der Waals surface area contributed by atoms with E-state index in [2.05, 4.69) is 163 Å². The summed E-state index contributed by atoms with van der Waals surface area (Å²) in [5.41, 5.74) is 13.8. The molecule has 11 aromatic rings. The second-order valence-electron chi connectivity index (χ2n) is 13.3. The molecule has 0 aliphatic heterocycles. The molecule has 0 aliphatic carbocycles. The molecule has 3 heterocycles. The van der Waals surface area contributed by atoms with Crippen LogP contribution in [0.2, 0.25) is 0 Å². The Morgan fingerprint density at radius 3 is 1.86 bits per heavy atom. The molecule has 0 saturated heterocycles. The van der Waals surface area contributed by atoms with Crippen LogP contribution in [0.5, 0.6) is 0 Å². The van der Waals surface area contributed by atoms with Crippen LogP contribution in [-0.2, 0) is 0 Å². The first kappa shape index (κ1) is 28.4. The molecule has 0 saturated carbocycles. The van der Waals surface area contributed by atoms with Crippen LogP contribution in [0.15, 0.2) is 174 Å². The van der Waals surface area contributed by atoms with E-state index in [4.69, 9.17) is 4.42 Å². The maximum absolute atomic E-state index is 6.22. The Kier molecular flexibility index (Phi) is 6.16. The van der Waals surface area contributed by atoms with Crippen LogP contribution >= 0.6 is 11.3 Å². The lowest BCUT2D eigenvalue weighted by molar-refractivity contribution is 0.669. The monoisotopic (exact) mass is 667 g/mol. The molecule has 0 spiro atoms. The Morgan fingerprint density at radius 1 is 0.392 bits per heavy atom. The van der Waals surface area contributed by atoms with Crippen LogP contribution in [0.25, 0.3) is 108 Å². The first-order valence-electron chi connectivity index (χ1n) is 17.3. The highest BCUT2D eigenvalue weighted by molar-refractivity contribution is 7.26. The number of para-hydroxylation sites is 2. The Balaban J connectivity index is 1.01. The van der Waals surface area contributed by atoms with Crippen LogP contribution in [-0.4, -0.2) is 4.98 Å². The number of rotatable bonds is 4. The van der Waals surface area contributed by atoms with Crippen molar-refractivity contribution in [3.05, 3.63) is 170 Å². The number of thiophene rings is 1. The van der Waals surface area contributed by atoms with Gasteiger partial charge < -0.3 is 9.40 Å². The van der Waals surface area contributed by atoms with Crippen LogP contribution < -0.4 is 0 Å².